The summed E-state index contributed by atoms with van der Waals surface area (Å²) in [5, 5.41) is 19.9. The number of aliphatic hydroxyl groups excluding tert-OH is 1. The molecule has 31 heavy (non-hydrogen) atoms. The van der Waals surface area contributed by atoms with E-state index in [4.69, 9.17) is 9.47 Å². The fourth-order valence-corrected chi connectivity index (χ4v) is 4.82. The zero-order valence-electron chi connectivity index (χ0n) is 18.0. The van der Waals surface area contributed by atoms with Crippen LogP contribution in [-0.2, 0) is 4.79 Å². The van der Waals surface area contributed by atoms with E-state index in [-0.39, 0.29) is 36.3 Å². The molecule has 0 aromatic heterocycles. The van der Waals surface area contributed by atoms with E-state index >= 15 is 0 Å². The molecule has 2 aliphatic heterocycles. The van der Waals surface area contributed by atoms with Crippen LogP contribution in [0.4, 0.5) is 0 Å². The summed E-state index contributed by atoms with van der Waals surface area (Å²) >= 11 is 0. The van der Waals surface area contributed by atoms with Crippen LogP contribution in [0.25, 0.3) is 0 Å². The molecule has 2 heterocycles. The first-order valence-corrected chi connectivity index (χ1v) is 10.4. The molecule has 0 aliphatic carbocycles. The molecule has 1 amide bonds. The van der Waals surface area contributed by atoms with Crippen LogP contribution in [0.1, 0.15) is 35.2 Å². The molecule has 8 nitrogen and oxygen atoms in total. The standard InChI is InChI=1S/C23H29N3O5/c1-13-5-7-16(28)15(11-13)20-19-21(25-24-20)23(29)26(9-4-10-27)22(19)14-6-8-17(30-2)18(12-14)31-3/h5-8,11-12,19-22,24-25,27-28H,4,9-10H2,1-3H3. The number of carbonyl (C=O) groups is 1. The number of carbonyl (C=O) groups excluding carboxylic acids is 1. The maximum Gasteiger partial charge on any atom is 0.242 e. The molecule has 4 atom stereocenters. The van der Waals surface area contributed by atoms with Gasteiger partial charge in [-0.05, 0) is 37.1 Å². The van der Waals surface area contributed by atoms with Gasteiger partial charge in [0.25, 0.3) is 0 Å². The predicted molar refractivity (Wildman–Crippen MR) is 115 cm³/mol. The number of aromatic hydroxyl groups is 1. The lowest BCUT2D eigenvalue weighted by atomic mass is 9.82. The second-order valence-electron chi connectivity index (χ2n) is 8.05. The average molecular weight is 428 g/mol. The van der Waals surface area contributed by atoms with E-state index in [0.29, 0.717) is 24.5 Å². The fraction of sp³-hybridized carbons (Fsp3) is 0.435. The first-order chi connectivity index (χ1) is 15.0. The molecule has 2 fully saturated rings. The number of methoxy groups -OCH3 is 2. The van der Waals surface area contributed by atoms with Crippen LogP contribution in [0.3, 0.4) is 0 Å². The maximum atomic E-state index is 13.3. The summed E-state index contributed by atoms with van der Waals surface area (Å²) in [6, 6.07) is 10.2. The molecular formula is C23H29N3O5. The van der Waals surface area contributed by atoms with Gasteiger partial charge in [-0.25, -0.2) is 10.9 Å². The number of aryl methyl sites for hydroxylation is 1. The molecule has 0 bridgehead atoms. The molecular weight excluding hydrogens is 398 g/mol. The monoisotopic (exact) mass is 427 g/mol. The van der Waals surface area contributed by atoms with Gasteiger partial charge < -0.3 is 24.6 Å². The van der Waals surface area contributed by atoms with Gasteiger partial charge in [-0.1, -0.05) is 23.8 Å². The van der Waals surface area contributed by atoms with Crippen LogP contribution in [-0.4, -0.2) is 54.4 Å². The third-order valence-corrected chi connectivity index (χ3v) is 6.24. The first-order valence-electron chi connectivity index (χ1n) is 10.4. The smallest absolute Gasteiger partial charge is 0.242 e. The van der Waals surface area contributed by atoms with Gasteiger partial charge in [0, 0.05) is 24.6 Å². The van der Waals surface area contributed by atoms with Crippen molar-refractivity contribution in [1.29, 1.82) is 0 Å². The van der Waals surface area contributed by atoms with Crippen LogP contribution in [0.15, 0.2) is 36.4 Å². The van der Waals surface area contributed by atoms with E-state index in [1.54, 1.807) is 20.3 Å². The number of aliphatic hydroxyl groups is 1. The number of nitrogens with one attached hydrogen (secondary N) is 2. The Kier molecular flexibility index (Phi) is 6.04. The number of phenolic OH excluding ortho intramolecular Hbond substituents is 1. The summed E-state index contributed by atoms with van der Waals surface area (Å²) in [6.07, 6.45) is 0.489. The fourth-order valence-electron chi connectivity index (χ4n) is 4.82. The molecule has 0 radical (unpaired) electrons. The van der Waals surface area contributed by atoms with E-state index in [0.717, 1.165) is 16.7 Å². The van der Waals surface area contributed by atoms with Gasteiger partial charge in [0.2, 0.25) is 5.91 Å². The number of nitrogens with zero attached hydrogens (tertiary/aromatic N) is 1. The summed E-state index contributed by atoms with van der Waals surface area (Å²) in [5.41, 5.74) is 9.09. The summed E-state index contributed by atoms with van der Waals surface area (Å²) in [6.45, 7) is 2.42. The maximum absolute atomic E-state index is 13.3. The number of likely N-dealkylation sites (tertiary alicyclic amines) is 1. The number of hydrazine groups is 1. The number of fused-ring (bicyclic) bond motifs is 1. The highest BCUT2D eigenvalue weighted by molar-refractivity contribution is 5.86. The van der Waals surface area contributed by atoms with Crippen LogP contribution >= 0.6 is 0 Å². The largest absolute Gasteiger partial charge is 0.508 e. The average Bonchev–Trinajstić information content (AvgIpc) is 3.32. The normalized spacial score (nSPS) is 25.0. The summed E-state index contributed by atoms with van der Waals surface area (Å²) in [4.78, 5) is 15.1. The van der Waals surface area contributed by atoms with Crippen LogP contribution < -0.4 is 20.3 Å². The number of hydrogen-bond donors (Lipinski definition) is 4. The third-order valence-electron chi connectivity index (χ3n) is 6.24. The zero-order valence-corrected chi connectivity index (χ0v) is 18.0. The quantitative estimate of drug-likeness (QED) is 0.534. The Morgan fingerprint density at radius 2 is 1.77 bits per heavy atom. The molecule has 2 aromatic rings. The number of phenols is 1. The van der Waals surface area contributed by atoms with E-state index < -0.39 is 6.04 Å². The Morgan fingerprint density at radius 1 is 1.03 bits per heavy atom. The van der Waals surface area contributed by atoms with Crippen molar-refractivity contribution >= 4 is 5.91 Å². The summed E-state index contributed by atoms with van der Waals surface area (Å²) in [5.74, 6) is 1.20. The highest BCUT2D eigenvalue weighted by Gasteiger charge is 2.55. The highest BCUT2D eigenvalue weighted by atomic mass is 16.5. The van der Waals surface area contributed by atoms with E-state index in [1.165, 1.54) is 0 Å². The predicted octanol–water partition coefficient (Wildman–Crippen LogP) is 1.82. The molecule has 2 aromatic carbocycles. The van der Waals surface area contributed by atoms with Crippen molar-refractivity contribution in [2.45, 2.75) is 31.5 Å². The van der Waals surface area contributed by atoms with Crippen molar-refractivity contribution in [3.63, 3.8) is 0 Å². The van der Waals surface area contributed by atoms with Gasteiger partial charge in [0.15, 0.2) is 11.5 Å². The van der Waals surface area contributed by atoms with Crippen LogP contribution in [0.2, 0.25) is 0 Å². The Morgan fingerprint density at radius 3 is 2.48 bits per heavy atom. The molecule has 8 heteroatoms. The Bertz CT molecular complexity index is 966. The van der Waals surface area contributed by atoms with Gasteiger partial charge in [-0.15, -0.1) is 0 Å². The number of ether oxygens (including phenoxy) is 2. The second kappa shape index (κ2) is 8.74. The number of hydrogen-bond acceptors (Lipinski definition) is 7. The van der Waals surface area contributed by atoms with Crippen molar-refractivity contribution < 1.29 is 24.5 Å². The lowest BCUT2D eigenvalue weighted by Crippen LogP contribution is -2.41. The Balaban J connectivity index is 1.80. The molecule has 0 saturated carbocycles. The molecule has 166 valence electrons. The number of amides is 1. The van der Waals surface area contributed by atoms with Gasteiger partial charge in [0.05, 0.1) is 26.3 Å². The van der Waals surface area contributed by atoms with Crippen molar-refractivity contribution in [2.75, 3.05) is 27.4 Å². The zero-order chi connectivity index (χ0) is 22.1. The van der Waals surface area contributed by atoms with Crippen LogP contribution in [0.5, 0.6) is 17.2 Å². The van der Waals surface area contributed by atoms with Crippen molar-refractivity contribution in [3.05, 3.63) is 53.1 Å². The topological polar surface area (TPSA) is 103 Å². The highest BCUT2D eigenvalue weighted by Crippen LogP contribution is 2.49. The molecule has 4 rings (SSSR count). The van der Waals surface area contributed by atoms with Crippen LogP contribution in [0, 0.1) is 12.8 Å². The van der Waals surface area contributed by atoms with Crippen molar-refractivity contribution in [2.24, 2.45) is 5.92 Å². The molecule has 0 spiro atoms. The third kappa shape index (κ3) is 3.71. The van der Waals surface area contributed by atoms with Gasteiger partial charge in [-0.2, -0.15) is 0 Å². The summed E-state index contributed by atoms with van der Waals surface area (Å²) < 4.78 is 10.9. The van der Waals surface area contributed by atoms with E-state index in [1.807, 2.05) is 42.2 Å². The van der Waals surface area contributed by atoms with E-state index in [2.05, 4.69) is 10.9 Å². The molecule has 2 aliphatic rings. The molecule has 4 unspecified atom stereocenters. The summed E-state index contributed by atoms with van der Waals surface area (Å²) in [7, 11) is 3.17. The lowest BCUT2D eigenvalue weighted by Gasteiger charge is -2.31. The first kappa shape index (κ1) is 21.4. The Labute approximate surface area is 181 Å². The van der Waals surface area contributed by atoms with Crippen molar-refractivity contribution in [3.8, 4) is 17.2 Å². The van der Waals surface area contributed by atoms with Gasteiger partial charge in [-0.3, -0.25) is 4.79 Å². The number of rotatable bonds is 7. The van der Waals surface area contributed by atoms with Gasteiger partial charge >= 0.3 is 0 Å². The second-order valence-corrected chi connectivity index (χ2v) is 8.05. The van der Waals surface area contributed by atoms with E-state index in [9.17, 15) is 15.0 Å². The van der Waals surface area contributed by atoms with Crippen molar-refractivity contribution in [1.82, 2.24) is 15.8 Å². The Hall–Kier alpha value is -2.81. The lowest BCUT2D eigenvalue weighted by molar-refractivity contribution is -0.130. The molecule has 4 N–H and O–H groups in total. The minimum atomic E-state index is -0.443. The molecule has 2 saturated heterocycles. The van der Waals surface area contributed by atoms with Gasteiger partial charge in [0.1, 0.15) is 11.8 Å². The minimum absolute atomic E-state index is 0.00550. The number of benzene rings is 2. The SMILES string of the molecule is COc1ccc(C2C3C(NNC3c3cc(C)ccc3O)C(=O)N2CCCO)cc1OC. The minimum Gasteiger partial charge on any atom is -0.508 e.